The number of hydrogen-bond donors (Lipinski definition) is 0. The van der Waals surface area contributed by atoms with E-state index in [1.807, 2.05) is 31.2 Å². The third kappa shape index (κ3) is 7.10. The highest BCUT2D eigenvalue weighted by Crippen LogP contribution is 2.25. The summed E-state index contributed by atoms with van der Waals surface area (Å²) < 4.78 is 23.9. The quantitative estimate of drug-likeness (QED) is 0.564. The highest BCUT2D eigenvalue weighted by Gasteiger charge is 2.26. The van der Waals surface area contributed by atoms with Crippen molar-refractivity contribution in [1.82, 2.24) is 4.90 Å². The van der Waals surface area contributed by atoms with Crippen molar-refractivity contribution in [3.8, 4) is 5.75 Å². The molecule has 3 rings (SSSR count). The summed E-state index contributed by atoms with van der Waals surface area (Å²) in [5.41, 5.74) is 0. The summed E-state index contributed by atoms with van der Waals surface area (Å²) >= 11 is 0. The molecule has 1 aromatic rings. The van der Waals surface area contributed by atoms with Gasteiger partial charge in [0.05, 0.1) is 29.9 Å². The maximum Gasteiger partial charge on any atom is 0.309 e. The van der Waals surface area contributed by atoms with Crippen LogP contribution in [0.15, 0.2) is 29.2 Å². The standard InChI is InChI=1S/C23H35NO4S/c1-2-27-23(25)20-11-13-24(14-12-20)15-16-29(26)22-10-6-9-21(17-22)28-18-19-7-4-3-5-8-19/h6,9-10,17,19-20H,2-5,7-8,11-16,18H2,1H3. The van der Waals surface area contributed by atoms with Gasteiger partial charge >= 0.3 is 5.97 Å². The Morgan fingerprint density at radius 2 is 1.90 bits per heavy atom. The minimum Gasteiger partial charge on any atom is -0.493 e. The molecule has 1 aliphatic carbocycles. The van der Waals surface area contributed by atoms with Gasteiger partial charge in [0.1, 0.15) is 5.75 Å². The molecule has 0 aromatic heterocycles. The van der Waals surface area contributed by atoms with E-state index in [2.05, 4.69) is 4.90 Å². The molecule has 1 heterocycles. The monoisotopic (exact) mass is 421 g/mol. The van der Waals surface area contributed by atoms with Crippen LogP contribution >= 0.6 is 0 Å². The van der Waals surface area contributed by atoms with Crippen LogP contribution in [-0.4, -0.2) is 53.7 Å². The lowest BCUT2D eigenvalue weighted by atomic mass is 9.90. The topological polar surface area (TPSA) is 55.8 Å². The second kappa shape index (κ2) is 11.7. The molecule has 29 heavy (non-hydrogen) atoms. The zero-order valence-corrected chi connectivity index (χ0v) is 18.5. The molecule has 5 nitrogen and oxygen atoms in total. The van der Waals surface area contributed by atoms with Crippen molar-refractivity contribution in [2.75, 3.05) is 38.6 Å². The Morgan fingerprint density at radius 3 is 2.62 bits per heavy atom. The first-order valence-corrected chi connectivity index (χ1v) is 12.5. The first-order valence-electron chi connectivity index (χ1n) is 11.2. The number of nitrogens with zero attached hydrogens (tertiary/aromatic N) is 1. The summed E-state index contributed by atoms with van der Waals surface area (Å²) in [6, 6.07) is 7.76. The van der Waals surface area contributed by atoms with E-state index in [0.29, 0.717) is 18.3 Å². The third-order valence-corrected chi connectivity index (χ3v) is 7.41. The lowest BCUT2D eigenvalue weighted by molar-refractivity contribution is -0.149. The largest absolute Gasteiger partial charge is 0.493 e. The first kappa shape index (κ1) is 22.3. The number of esters is 1. The molecule has 1 unspecified atom stereocenters. The fourth-order valence-electron chi connectivity index (χ4n) is 4.26. The van der Waals surface area contributed by atoms with Gasteiger partial charge in [-0.15, -0.1) is 0 Å². The van der Waals surface area contributed by atoms with Crippen LogP contribution in [0.3, 0.4) is 0 Å². The van der Waals surface area contributed by atoms with Gasteiger partial charge in [-0.1, -0.05) is 25.3 Å². The number of rotatable bonds is 9. The van der Waals surface area contributed by atoms with E-state index in [4.69, 9.17) is 9.47 Å². The van der Waals surface area contributed by atoms with Crippen LogP contribution in [-0.2, 0) is 20.3 Å². The van der Waals surface area contributed by atoms with E-state index in [1.165, 1.54) is 32.1 Å². The van der Waals surface area contributed by atoms with E-state index >= 15 is 0 Å². The van der Waals surface area contributed by atoms with Crippen molar-refractivity contribution < 1.29 is 18.5 Å². The Balaban J connectivity index is 1.41. The Labute approximate surface area is 177 Å². The van der Waals surface area contributed by atoms with E-state index in [-0.39, 0.29) is 11.9 Å². The predicted octanol–water partition coefficient (Wildman–Crippen LogP) is 4.03. The number of piperidine rings is 1. The van der Waals surface area contributed by atoms with Gasteiger partial charge in [0.25, 0.3) is 0 Å². The number of likely N-dealkylation sites (tertiary alicyclic amines) is 1. The molecule has 0 N–H and O–H groups in total. The zero-order chi connectivity index (χ0) is 20.5. The normalized spacial score (nSPS) is 20.3. The maximum atomic E-state index is 12.8. The van der Waals surface area contributed by atoms with Crippen molar-refractivity contribution in [2.24, 2.45) is 11.8 Å². The second-order valence-corrected chi connectivity index (χ2v) is 9.78. The molecule has 2 fully saturated rings. The molecule has 0 bridgehead atoms. The lowest BCUT2D eigenvalue weighted by Gasteiger charge is -2.30. The summed E-state index contributed by atoms with van der Waals surface area (Å²) in [5.74, 6) is 2.05. The van der Waals surface area contributed by atoms with Gasteiger partial charge < -0.3 is 14.4 Å². The number of carbonyl (C=O) groups is 1. The Bertz CT molecular complexity index is 667. The van der Waals surface area contributed by atoms with Crippen LogP contribution in [0.25, 0.3) is 0 Å². The van der Waals surface area contributed by atoms with Crippen molar-refractivity contribution >= 4 is 16.8 Å². The molecule has 1 aliphatic heterocycles. The molecule has 1 saturated heterocycles. The van der Waals surface area contributed by atoms with Gasteiger partial charge in [0.15, 0.2) is 0 Å². The summed E-state index contributed by atoms with van der Waals surface area (Å²) in [6.45, 7) is 5.58. The van der Waals surface area contributed by atoms with Crippen LogP contribution in [0.2, 0.25) is 0 Å². The number of carbonyl (C=O) groups excluding carboxylic acids is 1. The summed E-state index contributed by atoms with van der Waals surface area (Å²) in [4.78, 5) is 15.0. The van der Waals surface area contributed by atoms with Gasteiger partial charge in [0.2, 0.25) is 0 Å². The van der Waals surface area contributed by atoms with Crippen LogP contribution in [0, 0.1) is 11.8 Å². The van der Waals surface area contributed by atoms with Gasteiger partial charge in [-0.3, -0.25) is 9.00 Å². The average molecular weight is 422 g/mol. The van der Waals surface area contributed by atoms with Crippen molar-refractivity contribution in [1.29, 1.82) is 0 Å². The molecule has 162 valence electrons. The minimum atomic E-state index is -1.04. The number of hydrogen-bond acceptors (Lipinski definition) is 5. The smallest absolute Gasteiger partial charge is 0.309 e. The van der Waals surface area contributed by atoms with Crippen LogP contribution in [0.1, 0.15) is 51.9 Å². The van der Waals surface area contributed by atoms with Crippen LogP contribution in [0.5, 0.6) is 5.75 Å². The molecule has 0 radical (unpaired) electrons. The molecule has 2 aliphatic rings. The molecular weight excluding hydrogens is 386 g/mol. The molecule has 1 atom stereocenters. The van der Waals surface area contributed by atoms with E-state index in [9.17, 15) is 9.00 Å². The molecule has 0 amide bonds. The van der Waals surface area contributed by atoms with E-state index in [0.717, 1.165) is 49.7 Å². The highest BCUT2D eigenvalue weighted by molar-refractivity contribution is 7.85. The molecule has 1 saturated carbocycles. The highest BCUT2D eigenvalue weighted by atomic mass is 32.2. The maximum absolute atomic E-state index is 12.8. The average Bonchev–Trinajstić information content (AvgIpc) is 2.77. The Morgan fingerprint density at radius 1 is 1.14 bits per heavy atom. The molecule has 0 spiro atoms. The van der Waals surface area contributed by atoms with Crippen molar-refractivity contribution in [3.63, 3.8) is 0 Å². The fourth-order valence-corrected chi connectivity index (χ4v) is 5.39. The van der Waals surface area contributed by atoms with E-state index in [1.54, 1.807) is 0 Å². The predicted molar refractivity (Wildman–Crippen MR) is 116 cm³/mol. The van der Waals surface area contributed by atoms with Gasteiger partial charge in [0, 0.05) is 17.2 Å². The van der Waals surface area contributed by atoms with Gasteiger partial charge in [-0.25, -0.2) is 0 Å². The van der Waals surface area contributed by atoms with Crippen LogP contribution in [0.4, 0.5) is 0 Å². The van der Waals surface area contributed by atoms with Gasteiger partial charge in [-0.2, -0.15) is 0 Å². The third-order valence-electron chi connectivity index (χ3n) is 6.08. The van der Waals surface area contributed by atoms with Crippen molar-refractivity contribution in [2.45, 2.75) is 56.8 Å². The van der Waals surface area contributed by atoms with E-state index < -0.39 is 10.8 Å². The Hall–Kier alpha value is -1.40. The summed E-state index contributed by atoms with van der Waals surface area (Å²) in [6.07, 6.45) is 8.17. The Kier molecular flexibility index (Phi) is 8.99. The molecular formula is C23H35NO4S. The number of benzene rings is 1. The lowest BCUT2D eigenvalue weighted by Crippen LogP contribution is -2.38. The minimum absolute atomic E-state index is 0.0229. The fraction of sp³-hybridized carbons (Fsp3) is 0.696. The zero-order valence-electron chi connectivity index (χ0n) is 17.6. The SMILES string of the molecule is CCOC(=O)C1CCN(CCS(=O)c2cccc(OCC3CCCCC3)c2)CC1. The molecule has 6 heteroatoms. The van der Waals surface area contributed by atoms with Crippen molar-refractivity contribution in [3.05, 3.63) is 24.3 Å². The molecule has 1 aromatic carbocycles. The second-order valence-electron chi connectivity index (χ2n) is 8.21. The first-order chi connectivity index (χ1) is 14.2. The number of ether oxygens (including phenoxy) is 2. The van der Waals surface area contributed by atoms with Gasteiger partial charge in [-0.05, 0) is 69.8 Å². The summed E-state index contributed by atoms with van der Waals surface area (Å²) in [7, 11) is -1.04. The van der Waals surface area contributed by atoms with Crippen LogP contribution < -0.4 is 4.74 Å². The summed E-state index contributed by atoms with van der Waals surface area (Å²) in [5, 5.41) is 0.